The highest BCUT2D eigenvalue weighted by Crippen LogP contribution is 2.36. The van der Waals surface area contributed by atoms with Crippen molar-refractivity contribution in [3.8, 4) is 0 Å². The molecule has 2 rings (SSSR count). The van der Waals surface area contributed by atoms with Crippen LogP contribution in [0.15, 0.2) is 28.7 Å². The molecule has 0 aliphatic carbocycles. The molecule has 2 unspecified atom stereocenters. The Morgan fingerprint density at radius 1 is 1.15 bits per heavy atom. The first kappa shape index (κ1) is 15.1. The molecule has 0 saturated heterocycles. The Morgan fingerprint density at radius 2 is 1.90 bits per heavy atom. The summed E-state index contributed by atoms with van der Waals surface area (Å²) in [5.74, 6) is 1.76. The van der Waals surface area contributed by atoms with Gasteiger partial charge in [-0.2, -0.15) is 0 Å². The van der Waals surface area contributed by atoms with E-state index in [1.165, 1.54) is 23.8 Å². The molecule has 0 saturated carbocycles. The van der Waals surface area contributed by atoms with Crippen molar-refractivity contribution in [1.82, 2.24) is 5.32 Å². The lowest BCUT2D eigenvalue weighted by Crippen LogP contribution is -2.27. The van der Waals surface area contributed by atoms with Gasteiger partial charge in [0, 0.05) is 23.4 Å². The highest BCUT2D eigenvalue weighted by molar-refractivity contribution is 5.82. The summed E-state index contributed by atoms with van der Waals surface area (Å²) in [7, 11) is 0. The molecule has 0 fully saturated rings. The predicted octanol–water partition coefficient (Wildman–Crippen LogP) is 5.08. The summed E-state index contributed by atoms with van der Waals surface area (Å²) in [5.41, 5.74) is 2.40. The van der Waals surface area contributed by atoms with E-state index < -0.39 is 0 Å². The van der Waals surface area contributed by atoms with E-state index in [1.54, 1.807) is 0 Å². The smallest absolute Gasteiger partial charge is 0.134 e. The number of nitrogens with one attached hydrogen (secondary N) is 1. The highest BCUT2D eigenvalue weighted by atomic mass is 16.3. The molecular weight excluding hydrogens is 246 g/mol. The van der Waals surface area contributed by atoms with Crippen LogP contribution in [0, 0.1) is 5.92 Å². The first-order valence-electron chi connectivity index (χ1n) is 7.96. The van der Waals surface area contributed by atoms with E-state index in [4.69, 9.17) is 4.42 Å². The van der Waals surface area contributed by atoms with Gasteiger partial charge in [0.15, 0.2) is 0 Å². The number of hydrogen-bond acceptors (Lipinski definition) is 2. The van der Waals surface area contributed by atoms with E-state index >= 15 is 0 Å². The van der Waals surface area contributed by atoms with Crippen LogP contribution >= 0.6 is 0 Å². The molecule has 0 radical (unpaired) electrons. The summed E-state index contributed by atoms with van der Waals surface area (Å²) >= 11 is 0. The van der Waals surface area contributed by atoms with Crippen molar-refractivity contribution >= 4 is 11.0 Å². The molecule has 1 aromatic heterocycles. The van der Waals surface area contributed by atoms with Gasteiger partial charge in [0.2, 0.25) is 0 Å². The lowest BCUT2D eigenvalue weighted by Gasteiger charge is -2.25. The Morgan fingerprint density at radius 3 is 2.55 bits per heavy atom. The van der Waals surface area contributed by atoms with Crippen molar-refractivity contribution in [2.75, 3.05) is 6.54 Å². The standard InChI is InChI=1S/C18H27NO/c1-5-10-13(4)18(19-7-3)17-14-11-8-9-12-16(14)20-15(17)6-2/h8-9,11-13,18-19H,5-7,10H2,1-4H3. The van der Waals surface area contributed by atoms with Gasteiger partial charge in [0.05, 0.1) is 0 Å². The van der Waals surface area contributed by atoms with Crippen LogP contribution in [0.5, 0.6) is 0 Å². The Labute approximate surface area is 122 Å². The molecule has 0 aliphatic rings. The van der Waals surface area contributed by atoms with Crippen molar-refractivity contribution in [2.45, 2.75) is 53.0 Å². The summed E-state index contributed by atoms with van der Waals surface area (Å²) in [6, 6.07) is 8.81. The molecule has 20 heavy (non-hydrogen) atoms. The van der Waals surface area contributed by atoms with Gasteiger partial charge in [-0.05, 0) is 24.9 Å². The molecule has 0 spiro atoms. The zero-order valence-electron chi connectivity index (χ0n) is 13.2. The topological polar surface area (TPSA) is 25.2 Å². The van der Waals surface area contributed by atoms with Crippen molar-refractivity contribution in [2.24, 2.45) is 5.92 Å². The van der Waals surface area contributed by atoms with Crippen LogP contribution in [0.25, 0.3) is 11.0 Å². The van der Waals surface area contributed by atoms with Crippen LogP contribution in [0.1, 0.15) is 57.9 Å². The summed E-state index contributed by atoms with van der Waals surface area (Å²) in [6.07, 6.45) is 3.41. The molecule has 2 atom stereocenters. The number of fused-ring (bicyclic) bond motifs is 1. The van der Waals surface area contributed by atoms with Crippen LogP contribution in [-0.2, 0) is 6.42 Å². The highest BCUT2D eigenvalue weighted by Gasteiger charge is 2.25. The molecule has 0 amide bonds. The third-order valence-electron chi connectivity index (χ3n) is 4.08. The minimum atomic E-state index is 0.388. The zero-order chi connectivity index (χ0) is 14.5. The van der Waals surface area contributed by atoms with E-state index in [-0.39, 0.29) is 0 Å². The van der Waals surface area contributed by atoms with Crippen molar-refractivity contribution in [1.29, 1.82) is 0 Å². The normalized spacial score (nSPS) is 14.6. The van der Waals surface area contributed by atoms with Gasteiger partial charge in [-0.25, -0.2) is 0 Å². The number of rotatable bonds is 7. The fourth-order valence-electron chi connectivity index (χ4n) is 3.15. The average Bonchev–Trinajstić information content (AvgIpc) is 2.83. The first-order valence-corrected chi connectivity index (χ1v) is 7.96. The Kier molecular flexibility index (Phi) is 5.24. The van der Waals surface area contributed by atoms with E-state index in [1.807, 2.05) is 6.07 Å². The molecule has 1 heterocycles. The van der Waals surface area contributed by atoms with E-state index in [2.05, 4.69) is 51.2 Å². The first-order chi connectivity index (χ1) is 9.72. The van der Waals surface area contributed by atoms with E-state index in [9.17, 15) is 0 Å². The van der Waals surface area contributed by atoms with Gasteiger partial charge < -0.3 is 9.73 Å². The van der Waals surface area contributed by atoms with E-state index in [0.29, 0.717) is 12.0 Å². The number of aryl methyl sites for hydroxylation is 1. The largest absolute Gasteiger partial charge is 0.461 e. The molecule has 110 valence electrons. The second kappa shape index (κ2) is 6.94. The average molecular weight is 273 g/mol. The number of furan rings is 1. The second-order valence-electron chi connectivity index (χ2n) is 5.59. The molecule has 2 nitrogen and oxygen atoms in total. The fraction of sp³-hybridized carbons (Fsp3) is 0.556. The minimum Gasteiger partial charge on any atom is -0.461 e. The van der Waals surface area contributed by atoms with Gasteiger partial charge in [-0.3, -0.25) is 0 Å². The number of hydrogen-bond donors (Lipinski definition) is 1. The molecule has 0 bridgehead atoms. The van der Waals surface area contributed by atoms with Gasteiger partial charge in [-0.1, -0.05) is 52.3 Å². The second-order valence-corrected chi connectivity index (χ2v) is 5.59. The molecule has 0 aliphatic heterocycles. The maximum atomic E-state index is 6.06. The Bertz CT molecular complexity index is 543. The van der Waals surface area contributed by atoms with Gasteiger partial charge >= 0.3 is 0 Å². The summed E-state index contributed by atoms with van der Waals surface area (Å²) in [5, 5.41) is 4.95. The third kappa shape index (κ3) is 2.90. The van der Waals surface area contributed by atoms with Crippen LogP contribution in [-0.4, -0.2) is 6.54 Å². The monoisotopic (exact) mass is 273 g/mol. The predicted molar refractivity (Wildman–Crippen MR) is 86.1 cm³/mol. The van der Waals surface area contributed by atoms with Crippen LogP contribution in [0.3, 0.4) is 0 Å². The van der Waals surface area contributed by atoms with Crippen LogP contribution in [0.4, 0.5) is 0 Å². The maximum absolute atomic E-state index is 6.06. The molecule has 1 aromatic carbocycles. The number of para-hydroxylation sites is 1. The third-order valence-corrected chi connectivity index (χ3v) is 4.08. The Hall–Kier alpha value is -1.28. The van der Waals surface area contributed by atoms with Gasteiger partial charge in [-0.15, -0.1) is 0 Å². The lowest BCUT2D eigenvalue weighted by molar-refractivity contribution is 0.364. The molecule has 2 aromatic rings. The van der Waals surface area contributed by atoms with Crippen LogP contribution < -0.4 is 5.32 Å². The minimum absolute atomic E-state index is 0.388. The zero-order valence-corrected chi connectivity index (χ0v) is 13.2. The quantitative estimate of drug-likeness (QED) is 0.760. The summed E-state index contributed by atoms with van der Waals surface area (Å²) in [6.45, 7) is 9.95. The summed E-state index contributed by atoms with van der Waals surface area (Å²) in [4.78, 5) is 0. The number of benzene rings is 1. The molecule has 1 N–H and O–H groups in total. The SMILES string of the molecule is CCCC(C)C(NCC)c1c(CC)oc2ccccc12. The van der Waals surface area contributed by atoms with Crippen molar-refractivity contribution in [3.63, 3.8) is 0 Å². The van der Waals surface area contributed by atoms with Crippen molar-refractivity contribution < 1.29 is 4.42 Å². The fourth-order valence-corrected chi connectivity index (χ4v) is 3.15. The Balaban J connectivity index is 2.50. The van der Waals surface area contributed by atoms with Crippen LogP contribution in [0.2, 0.25) is 0 Å². The van der Waals surface area contributed by atoms with Gasteiger partial charge in [0.25, 0.3) is 0 Å². The maximum Gasteiger partial charge on any atom is 0.134 e. The van der Waals surface area contributed by atoms with Crippen molar-refractivity contribution in [3.05, 3.63) is 35.6 Å². The van der Waals surface area contributed by atoms with Gasteiger partial charge in [0.1, 0.15) is 11.3 Å². The summed E-state index contributed by atoms with van der Waals surface area (Å²) < 4.78 is 6.06. The lowest BCUT2D eigenvalue weighted by atomic mass is 9.88. The molecular formula is C18H27NO. The molecule has 2 heteroatoms. The van der Waals surface area contributed by atoms with E-state index in [0.717, 1.165) is 24.3 Å².